The van der Waals surface area contributed by atoms with Gasteiger partial charge >= 0.3 is 6.03 Å². The fourth-order valence-corrected chi connectivity index (χ4v) is 4.16. The quantitative estimate of drug-likeness (QED) is 0.835. The van der Waals surface area contributed by atoms with Crippen LogP contribution in [0, 0.1) is 5.92 Å². The van der Waals surface area contributed by atoms with Gasteiger partial charge in [-0.25, -0.2) is 9.69 Å². The molecule has 2 saturated heterocycles. The molecule has 1 aromatic carbocycles. The number of nitrogens with one attached hydrogen (secondary N) is 1. The molecule has 0 aromatic heterocycles. The van der Waals surface area contributed by atoms with Gasteiger partial charge in [-0.3, -0.25) is 9.69 Å². The van der Waals surface area contributed by atoms with Gasteiger partial charge in [0.15, 0.2) is 0 Å². The van der Waals surface area contributed by atoms with Crippen LogP contribution in [0.25, 0.3) is 0 Å². The molecule has 0 unspecified atom stereocenters. The first-order valence-electron chi connectivity index (χ1n) is 9.05. The molecule has 0 bridgehead atoms. The minimum Gasteiger partial charge on any atom is -0.497 e. The number of amides is 3. The van der Waals surface area contributed by atoms with Crippen LogP contribution in [0.2, 0.25) is 0 Å². The zero-order chi connectivity index (χ0) is 17.6. The van der Waals surface area contributed by atoms with E-state index in [4.69, 9.17) is 4.74 Å². The number of nitrogens with zero attached hydrogens (tertiary/aromatic N) is 2. The highest BCUT2D eigenvalue weighted by molar-refractivity contribution is 6.07. The average molecular weight is 343 g/mol. The molecule has 3 aliphatic rings. The molecule has 2 heterocycles. The molecule has 1 N–H and O–H groups in total. The molecule has 0 radical (unpaired) electrons. The van der Waals surface area contributed by atoms with Crippen LogP contribution in [-0.2, 0) is 4.79 Å². The zero-order valence-electron chi connectivity index (χ0n) is 14.8. The van der Waals surface area contributed by atoms with Gasteiger partial charge in [0, 0.05) is 12.6 Å². The molecule has 25 heavy (non-hydrogen) atoms. The normalized spacial score (nSPS) is 30.0. The Morgan fingerprint density at radius 2 is 1.92 bits per heavy atom. The Kier molecular flexibility index (Phi) is 3.95. The topological polar surface area (TPSA) is 61.9 Å². The first-order valence-corrected chi connectivity index (χ1v) is 9.05. The molecule has 6 nitrogen and oxygen atoms in total. The lowest BCUT2D eigenvalue weighted by molar-refractivity contribution is -0.133. The van der Waals surface area contributed by atoms with Crippen molar-refractivity contribution in [3.63, 3.8) is 0 Å². The Bertz CT molecular complexity index is 686. The van der Waals surface area contributed by atoms with Crippen molar-refractivity contribution in [3.8, 4) is 5.75 Å². The second kappa shape index (κ2) is 6.02. The van der Waals surface area contributed by atoms with Crippen molar-refractivity contribution in [1.29, 1.82) is 0 Å². The summed E-state index contributed by atoms with van der Waals surface area (Å²) in [4.78, 5) is 28.9. The van der Waals surface area contributed by atoms with Crippen molar-refractivity contribution in [2.75, 3.05) is 20.3 Å². The highest BCUT2D eigenvalue weighted by atomic mass is 16.5. The summed E-state index contributed by atoms with van der Waals surface area (Å²) in [7, 11) is 1.66. The monoisotopic (exact) mass is 343 g/mol. The lowest BCUT2D eigenvalue weighted by atomic mass is 9.96. The van der Waals surface area contributed by atoms with E-state index in [9.17, 15) is 9.59 Å². The number of likely N-dealkylation sites (tertiary alicyclic amines) is 1. The van der Waals surface area contributed by atoms with E-state index < -0.39 is 5.54 Å². The van der Waals surface area contributed by atoms with E-state index in [0.29, 0.717) is 12.6 Å². The summed E-state index contributed by atoms with van der Waals surface area (Å²) in [6.45, 7) is 3.13. The van der Waals surface area contributed by atoms with E-state index in [2.05, 4.69) is 22.3 Å². The molecule has 4 rings (SSSR count). The van der Waals surface area contributed by atoms with Crippen LogP contribution in [-0.4, -0.2) is 47.6 Å². The second-order valence-electron chi connectivity index (χ2n) is 7.52. The molecule has 3 amide bonds. The molecule has 134 valence electrons. The molecule has 1 aromatic rings. The predicted octanol–water partition coefficient (Wildman–Crippen LogP) is 2.51. The molecule has 1 saturated carbocycles. The van der Waals surface area contributed by atoms with Gasteiger partial charge in [-0.1, -0.05) is 12.1 Å². The number of carbonyl (C=O) groups is 2. The number of benzene rings is 1. The summed E-state index contributed by atoms with van der Waals surface area (Å²) < 4.78 is 5.23. The summed E-state index contributed by atoms with van der Waals surface area (Å²) in [6.07, 6.45) is 4.15. The van der Waals surface area contributed by atoms with Gasteiger partial charge in [0.1, 0.15) is 11.3 Å². The zero-order valence-corrected chi connectivity index (χ0v) is 14.8. The minimum absolute atomic E-state index is 0.0691. The lowest BCUT2D eigenvalue weighted by Crippen LogP contribution is -2.47. The van der Waals surface area contributed by atoms with E-state index in [0.717, 1.165) is 38.0 Å². The lowest BCUT2D eigenvalue weighted by Gasteiger charge is -2.29. The smallest absolute Gasteiger partial charge is 0.326 e. The number of hydrogen-bond donors (Lipinski definition) is 1. The number of hydrogen-bond acceptors (Lipinski definition) is 4. The van der Waals surface area contributed by atoms with Gasteiger partial charge in [-0.15, -0.1) is 0 Å². The number of carbonyl (C=O) groups excluding carboxylic acids is 2. The summed E-state index contributed by atoms with van der Waals surface area (Å²) >= 11 is 0. The fraction of sp³-hybridized carbons (Fsp3) is 0.579. The van der Waals surface area contributed by atoms with E-state index in [1.54, 1.807) is 7.11 Å². The van der Waals surface area contributed by atoms with E-state index in [-0.39, 0.29) is 18.0 Å². The van der Waals surface area contributed by atoms with Crippen LogP contribution in [0.4, 0.5) is 4.79 Å². The number of methoxy groups -OCH3 is 1. The van der Waals surface area contributed by atoms with Crippen LogP contribution < -0.4 is 10.1 Å². The third-order valence-corrected chi connectivity index (χ3v) is 5.88. The predicted molar refractivity (Wildman–Crippen MR) is 93.0 cm³/mol. The molecular formula is C19H25N3O3. The highest BCUT2D eigenvalue weighted by Crippen LogP contribution is 2.43. The van der Waals surface area contributed by atoms with Gasteiger partial charge in [-0.05, 0) is 56.2 Å². The number of urea groups is 1. The molecule has 6 heteroatoms. The van der Waals surface area contributed by atoms with Gasteiger partial charge in [0.05, 0.1) is 13.8 Å². The summed E-state index contributed by atoms with van der Waals surface area (Å²) in [5, 5.41) is 2.93. The van der Waals surface area contributed by atoms with Crippen LogP contribution in [0.1, 0.15) is 44.2 Å². The Hall–Kier alpha value is -2.08. The SMILES string of the molecule is COc1ccc([C@@H]2CCCN2CN2C(=O)N[C@](C)(C3CC3)C2=O)cc1. The van der Waals surface area contributed by atoms with Gasteiger partial charge in [-0.2, -0.15) is 0 Å². The molecule has 3 fully saturated rings. The maximum atomic E-state index is 12.8. The molecular weight excluding hydrogens is 318 g/mol. The third-order valence-electron chi connectivity index (χ3n) is 5.88. The molecule has 2 aliphatic heterocycles. The van der Waals surface area contributed by atoms with Crippen molar-refractivity contribution < 1.29 is 14.3 Å². The van der Waals surface area contributed by atoms with Crippen LogP contribution >= 0.6 is 0 Å². The number of ether oxygens (including phenoxy) is 1. The molecule has 1 aliphatic carbocycles. The van der Waals surface area contributed by atoms with Crippen molar-refractivity contribution in [2.24, 2.45) is 5.92 Å². The molecule has 2 atom stereocenters. The van der Waals surface area contributed by atoms with Crippen molar-refractivity contribution in [2.45, 2.75) is 44.2 Å². The first kappa shape index (κ1) is 16.4. The number of rotatable bonds is 5. The Morgan fingerprint density at radius 1 is 1.20 bits per heavy atom. The van der Waals surface area contributed by atoms with Crippen molar-refractivity contribution in [3.05, 3.63) is 29.8 Å². The fourth-order valence-electron chi connectivity index (χ4n) is 4.16. The minimum atomic E-state index is -0.702. The van der Waals surface area contributed by atoms with E-state index in [1.165, 1.54) is 10.5 Å². The van der Waals surface area contributed by atoms with Crippen LogP contribution in [0.15, 0.2) is 24.3 Å². The highest BCUT2D eigenvalue weighted by Gasteiger charge is 2.56. The van der Waals surface area contributed by atoms with Crippen LogP contribution in [0.5, 0.6) is 5.75 Å². The Labute approximate surface area is 148 Å². The summed E-state index contributed by atoms with van der Waals surface area (Å²) in [5.41, 5.74) is 0.502. The van der Waals surface area contributed by atoms with Gasteiger partial charge in [0.25, 0.3) is 5.91 Å². The van der Waals surface area contributed by atoms with Crippen molar-refractivity contribution >= 4 is 11.9 Å². The maximum absolute atomic E-state index is 12.8. The standard InChI is InChI=1S/C19H25N3O3/c1-19(14-7-8-14)17(23)22(18(24)20-19)12-21-11-3-4-16(21)13-5-9-15(25-2)10-6-13/h5-6,9-10,14,16H,3-4,7-8,11-12H2,1-2H3,(H,20,24)/t16-,19+/m0/s1. The largest absolute Gasteiger partial charge is 0.497 e. The summed E-state index contributed by atoms with van der Waals surface area (Å²) in [6, 6.07) is 8.05. The Morgan fingerprint density at radius 3 is 2.56 bits per heavy atom. The van der Waals surface area contributed by atoms with Crippen molar-refractivity contribution in [1.82, 2.24) is 15.1 Å². The van der Waals surface area contributed by atoms with Crippen LogP contribution in [0.3, 0.4) is 0 Å². The van der Waals surface area contributed by atoms with Gasteiger partial charge < -0.3 is 10.1 Å². The maximum Gasteiger partial charge on any atom is 0.326 e. The molecule has 0 spiro atoms. The number of imide groups is 1. The first-order chi connectivity index (χ1) is 12.0. The average Bonchev–Trinajstić information content (AvgIpc) is 3.34. The van der Waals surface area contributed by atoms with Gasteiger partial charge in [0.2, 0.25) is 0 Å². The Balaban J connectivity index is 1.49. The van der Waals surface area contributed by atoms with E-state index in [1.807, 2.05) is 19.1 Å². The third kappa shape index (κ3) is 2.78. The van der Waals surface area contributed by atoms with E-state index >= 15 is 0 Å². The second-order valence-corrected chi connectivity index (χ2v) is 7.52. The summed E-state index contributed by atoms with van der Waals surface area (Å²) in [5.74, 6) is 1.06.